The third kappa shape index (κ3) is 8.60. The highest BCUT2D eigenvalue weighted by Gasteiger charge is 2.27. The van der Waals surface area contributed by atoms with Crippen molar-refractivity contribution in [1.29, 1.82) is 0 Å². The van der Waals surface area contributed by atoms with Crippen molar-refractivity contribution < 1.29 is 23.9 Å². The summed E-state index contributed by atoms with van der Waals surface area (Å²) in [7, 11) is 0. The zero-order chi connectivity index (χ0) is 37.6. The molecule has 0 saturated heterocycles. The molecule has 11 nitrogen and oxygen atoms in total. The molecule has 0 bridgehead atoms. The van der Waals surface area contributed by atoms with Gasteiger partial charge in [0.05, 0.1) is 10.9 Å². The standard InChI is InChI=1S/C40H44FN7O4S2/c1-25-30(22-42-48(25)23-26-10-4-2-5-11-26)28-17-18-34(43-36(28)39(52)46-53-21-7-3-6-16-35(49)50)47-20-19-27-12-8-13-29(31(27)24-47)38(51)45-40-44-37-32(41)14-9-15-33(37)54-40/h8-9,12-15,17-18,22,26H,2-7,10-11,16,19-21,23-24H2,1H3,(H,46,52)(H,49,50)(H,44,45,51). The van der Waals surface area contributed by atoms with Crippen molar-refractivity contribution in [3.8, 4) is 11.1 Å². The zero-order valence-electron chi connectivity index (χ0n) is 30.3. The Morgan fingerprint density at radius 2 is 1.81 bits per heavy atom. The molecule has 3 N–H and O–H groups in total. The highest BCUT2D eigenvalue weighted by molar-refractivity contribution is 7.97. The molecule has 2 amide bonds. The predicted molar refractivity (Wildman–Crippen MR) is 212 cm³/mol. The molecule has 2 aliphatic rings. The van der Waals surface area contributed by atoms with Crippen molar-refractivity contribution in [1.82, 2.24) is 24.5 Å². The van der Waals surface area contributed by atoms with Gasteiger partial charge in [-0.05, 0) is 86.4 Å². The van der Waals surface area contributed by atoms with Crippen LogP contribution in [0.15, 0.2) is 54.7 Å². The first-order chi connectivity index (χ1) is 26.2. The number of amides is 2. The van der Waals surface area contributed by atoms with Crippen LogP contribution in [0, 0.1) is 18.7 Å². The maximum absolute atomic E-state index is 14.3. The fraction of sp³-hybridized carbons (Fsp3) is 0.400. The van der Waals surface area contributed by atoms with Crippen LogP contribution in [0.4, 0.5) is 15.3 Å². The van der Waals surface area contributed by atoms with E-state index in [1.807, 2.05) is 37.4 Å². The van der Waals surface area contributed by atoms with Crippen LogP contribution in [0.5, 0.6) is 0 Å². The Hall–Kier alpha value is -4.82. The predicted octanol–water partition coefficient (Wildman–Crippen LogP) is 8.42. The molecular formula is C40H44FN7O4S2. The van der Waals surface area contributed by atoms with Gasteiger partial charge in [0.15, 0.2) is 5.13 Å². The molecule has 4 heterocycles. The number of carboxylic acids is 1. The number of nitrogens with one attached hydrogen (secondary N) is 2. The van der Waals surface area contributed by atoms with Crippen LogP contribution in [0.3, 0.4) is 0 Å². The van der Waals surface area contributed by atoms with E-state index in [0.717, 1.165) is 41.8 Å². The van der Waals surface area contributed by atoms with E-state index >= 15 is 0 Å². The molecule has 1 saturated carbocycles. The molecule has 0 radical (unpaired) electrons. The fourth-order valence-electron chi connectivity index (χ4n) is 7.44. The number of pyridine rings is 1. The number of para-hydroxylation sites is 1. The summed E-state index contributed by atoms with van der Waals surface area (Å²) in [5, 5.41) is 16.9. The van der Waals surface area contributed by atoms with Crippen LogP contribution in [0.25, 0.3) is 21.3 Å². The molecule has 0 atom stereocenters. The van der Waals surface area contributed by atoms with Crippen molar-refractivity contribution in [3.63, 3.8) is 0 Å². The normalized spacial score (nSPS) is 14.6. The minimum atomic E-state index is -0.800. The number of nitrogens with zero attached hydrogens (tertiary/aromatic N) is 5. The van der Waals surface area contributed by atoms with Crippen molar-refractivity contribution in [2.45, 2.75) is 84.2 Å². The van der Waals surface area contributed by atoms with Crippen molar-refractivity contribution in [2.75, 3.05) is 22.5 Å². The Labute approximate surface area is 321 Å². The summed E-state index contributed by atoms with van der Waals surface area (Å²) in [6.07, 6.45) is 11.0. The van der Waals surface area contributed by atoms with Crippen LogP contribution < -0.4 is 14.9 Å². The van der Waals surface area contributed by atoms with E-state index in [1.165, 1.54) is 61.5 Å². The lowest BCUT2D eigenvalue weighted by Crippen LogP contribution is -2.33. The number of hydrogen-bond donors (Lipinski definition) is 3. The third-order valence-corrected chi connectivity index (χ3v) is 12.1. The van der Waals surface area contributed by atoms with E-state index in [4.69, 9.17) is 15.2 Å². The van der Waals surface area contributed by atoms with Gasteiger partial charge in [-0.25, -0.2) is 14.4 Å². The Kier molecular flexibility index (Phi) is 11.9. The maximum atomic E-state index is 14.3. The van der Waals surface area contributed by atoms with Gasteiger partial charge in [0.25, 0.3) is 11.8 Å². The summed E-state index contributed by atoms with van der Waals surface area (Å²) in [5.74, 6) is 0.00214. The summed E-state index contributed by atoms with van der Waals surface area (Å²) >= 11 is 2.53. The molecule has 7 rings (SSSR count). The van der Waals surface area contributed by atoms with Gasteiger partial charge >= 0.3 is 5.97 Å². The molecule has 1 aliphatic heterocycles. The van der Waals surface area contributed by atoms with Gasteiger partial charge in [-0.3, -0.25) is 29.1 Å². The molecule has 1 fully saturated rings. The third-order valence-electron chi connectivity index (χ3n) is 10.4. The number of fused-ring (bicyclic) bond motifs is 2. The molecule has 1 aliphatic carbocycles. The lowest BCUT2D eigenvalue weighted by atomic mass is 9.89. The Balaban J connectivity index is 1.12. The molecule has 3 aromatic heterocycles. The maximum Gasteiger partial charge on any atom is 0.303 e. The van der Waals surface area contributed by atoms with E-state index in [1.54, 1.807) is 18.2 Å². The number of benzene rings is 2. The van der Waals surface area contributed by atoms with Gasteiger partial charge in [-0.2, -0.15) is 5.10 Å². The number of aliphatic carboxylic acids is 1. The Morgan fingerprint density at radius 1 is 0.981 bits per heavy atom. The van der Waals surface area contributed by atoms with Gasteiger partial charge in [0.1, 0.15) is 22.8 Å². The number of unbranched alkanes of at least 4 members (excludes halogenated alkanes) is 2. The van der Waals surface area contributed by atoms with E-state index in [0.29, 0.717) is 70.1 Å². The second-order valence-corrected chi connectivity index (χ2v) is 16.0. The smallest absolute Gasteiger partial charge is 0.303 e. The average molecular weight is 770 g/mol. The Morgan fingerprint density at radius 3 is 2.63 bits per heavy atom. The average Bonchev–Trinajstić information content (AvgIpc) is 3.76. The minimum Gasteiger partial charge on any atom is -0.481 e. The second-order valence-electron chi connectivity index (χ2n) is 14.1. The van der Waals surface area contributed by atoms with Crippen LogP contribution in [0.1, 0.15) is 95.5 Å². The summed E-state index contributed by atoms with van der Waals surface area (Å²) in [5.41, 5.74) is 5.52. The van der Waals surface area contributed by atoms with Crippen LogP contribution >= 0.6 is 23.3 Å². The summed E-state index contributed by atoms with van der Waals surface area (Å²) < 4.78 is 20.0. The first-order valence-corrected chi connectivity index (χ1v) is 20.4. The van der Waals surface area contributed by atoms with E-state index in [2.05, 4.69) is 24.6 Å². The van der Waals surface area contributed by atoms with Gasteiger partial charge in [-0.1, -0.05) is 67.2 Å². The van der Waals surface area contributed by atoms with Gasteiger partial charge in [-0.15, -0.1) is 0 Å². The number of hydrogen-bond acceptors (Lipinski definition) is 9. The molecule has 0 unspecified atom stereocenters. The topological polar surface area (TPSA) is 142 Å². The summed E-state index contributed by atoms with van der Waals surface area (Å²) in [6, 6.07) is 14.3. The molecule has 14 heteroatoms. The van der Waals surface area contributed by atoms with Crippen LogP contribution in [-0.4, -0.2) is 54.9 Å². The van der Waals surface area contributed by atoms with Crippen molar-refractivity contribution in [2.24, 2.45) is 5.92 Å². The van der Waals surface area contributed by atoms with Gasteiger partial charge < -0.3 is 10.0 Å². The van der Waals surface area contributed by atoms with Crippen molar-refractivity contribution in [3.05, 3.63) is 88.6 Å². The lowest BCUT2D eigenvalue weighted by molar-refractivity contribution is -0.137. The van der Waals surface area contributed by atoms with E-state index in [9.17, 15) is 18.8 Å². The molecule has 54 heavy (non-hydrogen) atoms. The lowest BCUT2D eigenvalue weighted by Gasteiger charge is -2.31. The van der Waals surface area contributed by atoms with Crippen LogP contribution in [0.2, 0.25) is 0 Å². The van der Waals surface area contributed by atoms with Gasteiger partial charge in [0.2, 0.25) is 0 Å². The Bertz CT molecular complexity index is 2160. The molecular weight excluding hydrogens is 726 g/mol. The monoisotopic (exact) mass is 769 g/mol. The number of halogens is 1. The van der Waals surface area contributed by atoms with Crippen molar-refractivity contribution >= 4 is 62.2 Å². The summed E-state index contributed by atoms with van der Waals surface area (Å²) in [4.78, 5) is 49.8. The zero-order valence-corrected chi connectivity index (χ0v) is 31.9. The molecule has 282 valence electrons. The SMILES string of the molecule is Cc1c(-c2ccc(N3CCc4cccc(C(=O)Nc5nc6c(F)cccc6s5)c4C3)nc2C(=O)NSCCCCCC(=O)O)cnn1CC1CCCCC1. The van der Waals surface area contributed by atoms with E-state index < -0.39 is 11.8 Å². The second kappa shape index (κ2) is 17.1. The number of anilines is 2. The summed E-state index contributed by atoms with van der Waals surface area (Å²) in [6.45, 7) is 3.96. The quantitative estimate of drug-likeness (QED) is 0.0750. The minimum absolute atomic E-state index is 0.141. The molecule has 2 aromatic carbocycles. The molecule has 5 aromatic rings. The number of carbonyl (C=O) groups is 3. The number of carbonyl (C=O) groups excluding carboxylic acids is 2. The number of thiazole rings is 1. The largest absolute Gasteiger partial charge is 0.481 e. The fourth-order valence-corrected chi connectivity index (χ4v) is 8.99. The first kappa shape index (κ1) is 37.5. The molecule has 0 spiro atoms. The highest BCUT2D eigenvalue weighted by atomic mass is 32.2. The number of carboxylic acid groups (broad SMARTS) is 1. The van der Waals surface area contributed by atoms with Crippen LogP contribution in [-0.2, 0) is 24.3 Å². The first-order valence-electron chi connectivity index (χ1n) is 18.6. The highest BCUT2D eigenvalue weighted by Crippen LogP contribution is 2.34. The number of aromatic nitrogens is 4. The van der Waals surface area contributed by atoms with E-state index in [-0.39, 0.29) is 23.8 Å². The van der Waals surface area contributed by atoms with Gasteiger partial charge in [0, 0.05) is 54.2 Å². The number of rotatable bonds is 14.